The van der Waals surface area contributed by atoms with E-state index in [1.165, 1.54) is 0 Å². The molecule has 0 atom stereocenters. The Hall–Kier alpha value is -1.56. The van der Waals surface area contributed by atoms with Crippen molar-refractivity contribution < 1.29 is 0 Å². The van der Waals surface area contributed by atoms with Gasteiger partial charge in [0.2, 0.25) is 0 Å². The van der Waals surface area contributed by atoms with Gasteiger partial charge in [-0.2, -0.15) is 0 Å². The van der Waals surface area contributed by atoms with Crippen molar-refractivity contribution in [2.45, 2.75) is 39.7 Å². The second-order valence-corrected chi connectivity index (χ2v) is 4.93. The number of nitrogens with one attached hydrogen (secondary N) is 1. The van der Waals surface area contributed by atoms with Crippen molar-refractivity contribution >= 4 is 12.2 Å². The summed E-state index contributed by atoms with van der Waals surface area (Å²) >= 11 is 5.21. The van der Waals surface area contributed by atoms with Crippen LogP contribution in [0.3, 0.4) is 0 Å². The monoisotopic (exact) mass is 263 g/mol. The first-order valence-electron chi connectivity index (χ1n) is 6.12. The Labute approximate surface area is 111 Å². The highest BCUT2D eigenvalue weighted by Crippen LogP contribution is 2.18. The third-order valence-corrected chi connectivity index (χ3v) is 2.85. The van der Waals surface area contributed by atoms with Gasteiger partial charge in [0, 0.05) is 18.5 Å². The summed E-state index contributed by atoms with van der Waals surface area (Å²) < 4.78 is 2.47. The molecule has 2 aromatic heterocycles. The van der Waals surface area contributed by atoms with Crippen LogP contribution in [-0.2, 0) is 6.54 Å². The molecule has 0 fully saturated rings. The minimum Gasteiger partial charge on any atom is -0.342 e. The predicted octanol–water partition coefficient (Wildman–Crippen LogP) is 2.93. The molecule has 0 unspecified atom stereocenters. The summed E-state index contributed by atoms with van der Waals surface area (Å²) in [6, 6.07) is 1.85. The number of hydrogen-bond donors (Lipinski definition) is 1. The lowest BCUT2D eigenvalue weighted by molar-refractivity contribution is 0.583. The van der Waals surface area contributed by atoms with E-state index >= 15 is 0 Å². The molecule has 0 aliphatic carbocycles. The fourth-order valence-electron chi connectivity index (χ4n) is 1.73. The molecule has 2 heterocycles. The second kappa shape index (κ2) is 5.39. The fraction of sp³-hybridized carbons (Fsp3) is 0.500. The van der Waals surface area contributed by atoms with Crippen LogP contribution in [-0.4, -0.2) is 25.0 Å². The van der Waals surface area contributed by atoms with Crippen LogP contribution in [0.5, 0.6) is 0 Å². The SMILES string of the molecule is CCCn1nncc1-c1cc(=S)nc(C(C)C)[nH]1. The van der Waals surface area contributed by atoms with Crippen LogP contribution < -0.4 is 0 Å². The van der Waals surface area contributed by atoms with Crippen LogP contribution in [0.15, 0.2) is 12.3 Å². The van der Waals surface area contributed by atoms with Crippen LogP contribution >= 0.6 is 12.2 Å². The largest absolute Gasteiger partial charge is 0.342 e. The molecule has 96 valence electrons. The predicted molar refractivity (Wildman–Crippen MR) is 72.8 cm³/mol. The first kappa shape index (κ1) is 12.9. The lowest BCUT2D eigenvalue weighted by Crippen LogP contribution is -2.05. The van der Waals surface area contributed by atoms with Gasteiger partial charge in [-0.1, -0.05) is 38.2 Å². The van der Waals surface area contributed by atoms with Gasteiger partial charge in [0.15, 0.2) is 0 Å². The van der Waals surface area contributed by atoms with Gasteiger partial charge in [-0.15, -0.1) is 5.10 Å². The average molecular weight is 263 g/mol. The first-order valence-corrected chi connectivity index (χ1v) is 6.52. The highest BCUT2D eigenvalue weighted by atomic mass is 32.1. The van der Waals surface area contributed by atoms with E-state index < -0.39 is 0 Å². The van der Waals surface area contributed by atoms with Crippen molar-refractivity contribution in [3.63, 3.8) is 0 Å². The molecule has 0 bridgehead atoms. The van der Waals surface area contributed by atoms with E-state index in [1.807, 2.05) is 10.7 Å². The number of aromatic amines is 1. The molecule has 18 heavy (non-hydrogen) atoms. The van der Waals surface area contributed by atoms with Gasteiger partial charge in [0.05, 0.1) is 11.9 Å². The maximum atomic E-state index is 5.21. The molecule has 2 rings (SSSR count). The molecule has 0 aromatic carbocycles. The molecule has 1 N–H and O–H groups in total. The maximum Gasteiger partial charge on any atom is 0.130 e. The fourth-order valence-corrected chi connectivity index (χ4v) is 1.95. The van der Waals surface area contributed by atoms with E-state index in [1.54, 1.807) is 6.20 Å². The number of aryl methyl sites for hydroxylation is 1. The van der Waals surface area contributed by atoms with Crippen molar-refractivity contribution in [3.8, 4) is 11.4 Å². The third kappa shape index (κ3) is 2.64. The number of aromatic nitrogens is 5. The molecule has 0 saturated carbocycles. The zero-order chi connectivity index (χ0) is 13.1. The number of nitrogens with zero attached hydrogens (tertiary/aromatic N) is 4. The maximum absolute atomic E-state index is 5.21. The molecule has 0 amide bonds. The number of H-pyrrole nitrogens is 1. The van der Waals surface area contributed by atoms with Crippen LogP contribution in [0.1, 0.15) is 38.9 Å². The lowest BCUT2D eigenvalue weighted by atomic mass is 10.2. The molecule has 0 aliphatic rings. The highest BCUT2D eigenvalue weighted by Gasteiger charge is 2.09. The summed E-state index contributed by atoms with van der Waals surface area (Å²) in [4.78, 5) is 7.64. The quantitative estimate of drug-likeness (QED) is 0.862. The van der Waals surface area contributed by atoms with Crippen molar-refractivity contribution in [1.29, 1.82) is 0 Å². The summed E-state index contributed by atoms with van der Waals surface area (Å²) in [6.07, 6.45) is 2.76. The molecule has 0 saturated heterocycles. The smallest absolute Gasteiger partial charge is 0.130 e. The zero-order valence-corrected chi connectivity index (χ0v) is 11.7. The summed E-state index contributed by atoms with van der Waals surface area (Å²) in [7, 11) is 0. The average Bonchev–Trinajstić information content (AvgIpc) is 2.77. The van der Waals surface area contributed by atoms with E-state index in [0.29, 0.717) is 10.6 Å². The Bertz CT molecular complexity index is 584. The van der Waals surface area contributed by atoms with Crippen LogP contribution in [0.25, 0.3) is 11.4 Å². The Morgan fingerprint density at radius 1 is 1.44 bits per heavy atom. The number of rotatable bonds is 4. The standard InChI is InChI=1S/C12H17N5S/c1-4-5-17-10(7-13-16-17)9-6-11(18)15-12(14-9)8(2)3/h6-8H,4-5H2,1-3H3,(H,14,15,18). The van der Waals surface area contributed by atoms with Gasteiger partial charge >= 0.3 is 0 Å². The Balaban J connectivity index is 2.50. The van der Waals surface area contributed by atoms with Crippen molar-refractivity contribution in [2.75, 3.05) is 0 Å². The molecule has 6 heteroatoms. The molecule has 0 aliphatic heterocycles. The molecule has 0 spiro atoms. The van der Waals surface area contributed by atoms with Gasteiger partial charge in [-0.25, -0.2) is 9.67 Å². The van der Waals surface area contributed by atoms with E-state index in [4.69, 9.17) is 12.2 Å². The van der Waals surface area contributed by atoms with Gasteiger partial charge in [-0.3, -0.25) is 0 Å². The molecular weight excluding hydrogens is 246 g/mol. The van der Waals surface area contributed by atoms with E-state index in [0.717, 1.165) is 30.2 Å². The van der Waals surface area contributed by atoms with E-state index in [2.05, 4.69) is 41.1 Å². The van der Waals surface area contributed by atoms with E-state index in [-0.39, 0.29) is 0 Å². The summed E-state index contributed by atoms with van der Waals surface area (Å²) in [5.41, 5.74) is 1.88. The van der Waals surface area contributed by atoms with Crippen LogP contribution in [0, 0.1) is 4.64 Å². The highest BCUT2D eigenvalue weighted by molar-refractivity contribution is 7.71. The molecule has 0 radical (unpaired) electrons. The first-order chi connectivity index (χ1) is 8.61. The topological polar surface area (TPSA) is 59.4 Å². The molecular formula is C12H17N5S. The molecule has 2 aromatic rings. The zero-order valence-electron chi connectivity index (χ0n) is 10.8. The van der Waals surface area contributed by atoms with Crippen LogP contribution in [0.4, 0.5) is 0 Å². The minimum absolute atomic E-state index is 0.308. The number of hydrogen-bond acceptors (Lipinski definition) is 4. The third-order valence-electron chi connectivity index (χ3n) is 2.64. The van der Waals surface area contributed by atoms with Gasteiger partial charge in [0.1, 0.15) is 16.2 Å². The van der Waals surface area contributed by atoms with Gasteiger partial charge in [-0.05, 0) is 6.42 Å². The second-order valence-electron chi connectivity index (χ2n) is 4.52. The van der Waals surface area contributed by atoms with Crippen molar-refractivity contribution in [1.82, 2.24) is 25.0 Å². The Morgan fingerprint density at radius 2 is 2.22 bits per heavy atom. The summed E-state index contributed by atoms with van der Waals surface area (Å²) in [5.74, 6) is 1.20. The normalized spacial score (nSPS) is 11.1. The van der Waals surface area contributed by atoms with Crippen molar-refractivity contribution in [2.24, 2.45) is 0 Å². The summed E-state index contributed by atoms with van der Waals surface area (Å²) in [5, 5.41) is 8.04. The summed E-state index contributed by atoms with van der Waals surface area (Å²) in [6.45, 7) is 7.12. The Morgan fingerprint density at radius 3 is 2.89 bits per heavy atom. The van der Waals surface area contributed by atoms with Crippen LogP contribution in [0.2, 0.25) is 0 Å². The minimum atomic E-state index is 0.308. The van der Waals surface area contributed by atoms with Crippen molar-refractivity contribution in [3.05, 3.63) is 22.7 Å². The van der Waals surface area contributed by atoms with Gasteiger partial charge in [0.25, 0.3) is 0 Å². The Kier molecular flexibility index (Phi) is 3.86. The lowest BCUT2D eigenvalue weighted by Gasteiger charge is -2.09. The van der Waals surface area contributed by atoms with E-state index in [9.17, 15) is 0 Å². The van der Waals surface area contributed by atoms with Gasteiger partial charge < -0.3 is 4.98 Å². The molecule has 5 nitrogen and oxygen atoms in total.